The molecule has 8 heteroatoms. The molecule has 0 spiro atoms. The Hall–Kier alpha value is -1.81. The highest BCUT2D eigenvalue weighted by atomic mass is 127. The summed E-state index contributed by atoms with van der Waals surface area (Å²) in [5, 5.41) is 11.6. The maximum Gasteiger partial charge on any atom is 0.191 e. The van der Waals surface area contributed by atoms with Crippen LogP contribution in [0.5, 0.6) is 5.75 Å². The van der Waals surface area contributed by atoms with Gasteiger partial charge in [0.1, 0.15) is 5.75 Å². The molecule has 1 fully saturated rings. The van der Waals surface area contributed by atoms with Gasteiger partial charge in [-0.05, 0) is 44.7 Å². The molecule has 0 radical (unpaired) electrons. The molecule has 0 saturated carbocycles. The molecule has 1 aliphatic heterocycles. The van der Waals surface area contributed by atoms with E-state index in [0.717, 1.165) is 62.0 Å². The molecule has 1 aromatic heterocycles. The molecule has 1 unspecified atom stereocenters. The van der Waals surface area contributed by atoms with Crippen LogP contribution < -0.4 is 15.4 Å². The third-order valence-corrected chi connectivity index (χ3v) is 5.93. The van der Waals surface area contributed by atoms with Gasteiger partial charge in [0.05, 0.1) is 25.5 Å². The van der Waals surface area contributed by atoms with E-state index in [2.05, 4.69) is 61.6 Å². The molecular formula is C25H40IN5O2. The summed E-state index contributed by atoms with van der Waals surface area (Å²) < 4.78 is 13.7. The van der Waals surface area contributed by atoms with Crippen LogP contribution >= 0.6 is 24.0 Å². The topological polar surface area (TPSA) is 72.7 Å². The molecule has 2 heterocycles. The predicted molar refractivity (Wildman–Crippen MR) is 145 cm³/mol. The second-order valence-corrected chi connectivity index (χ2v) is 8.40. The van der Waals surface area contributed by atoms with Gasteiger partial charge in [-0.1, -0.05) is 26.0 Å². The highest BCUT2D eigenvalue weighted by Gasteiger charge is 2.17. The van der Waals surface area contributed by atoms with Crippen LogP contribution in [-0.2, 0) is 37.7 Å². The number of guanidine groups is 1. The molecule has 0 bridgehead atoms. The summed E-state index contributed by atoms with van der Waals surface area (Å²) in [7, 11) is 2.03. The molecule has 0 amide bonds. The number of nitrogens with one attached hydrogen (secondary N) is 2. The van der Waals surface area contributed by atoms with Gasteiger partial charge in [-0.25, -0.2) is 4.99 Å². The Labute approximate surface area is 215 Å². The number of benzene rings is 1. The largest absolute Gasteiger partial charge is 0.493 e. The van der Waals surface area contributed by atoms with Crippen molar-refractivity contribution in [2.75, 3.05) is 26.4 Å². The lowest BCUT2D eigenvalue weighted by Gasteiger charge is -2.15. The Bertz CT molecular complexity index is 906. The molecule has 0 aliphatic carbocycles. The van der Waals surface area contributed by atoms with Crippen molar-refractivity contribution < 1.29 is 9.47 Å². The van der Waals surface area contributed by atoms with Crippen molar-refractivity contribution in [2.24, 2.45) is 18.0 Å². The number of hydrogen-bond donors (Lipinski definition) is 2. The smallest absolute Gasteiger partial charge is 0.191 e. The van der Waals surface area contributed by atoms with Gasteiger partial charge in [0.25, 0.3) is 0 Å². The lowest BCUT2D eigenvalue weighted by atomic mass is 10.1. The van der Waals surface area contributed by atoms with E-state index in [1.54, 1.807) is 0 Å². The highest BCUT2D eigenvalue weighted by Crippen LogP contribution is 2.23. The maximum atomic E-state index is 6.19. The van der Waals surface area contributed by atoms with Crippen LogP contribution in [0.4, 0.5) is 0 Å². The van der Waals surface area contributed by atoms with E-state index in [9.17, 15) is 0 Å². The molecule has 33 heavy (non-hydrogen) atoms. The predicted octanol–water partition coefficient (Wildman–Crippen LogP) is 4.14. The third-order valence-electron chi connectivity index (χ3n) is 5.93. The molecule has 1 atom stereocenters. The van der Waals surface area contributed by atoms with Crippen LogP contribution in [0.1, 0.15) is 55.3 Å². The summed E-state index contributed by atoms with van der Waals surface area (Å²) >= 11 is 0. The second kappa shape index (κ2) is 13.8. The quantitative estimate of drug-likeness (QED) is 0.256. The number of aliphatic imine (C=N–C) groups is 1. The molecule has 7 nitrogen and oxygen atoms in total. The van der Waals surface area contributed by atoms with Gasteiger partial charge >= 0.3 is 0 Å². The lowest BCUT2D eigenvalue weighted by Crippen LogP contribution is -2.37. The molecule has 1 saturated heterocycles. The van der Waals surface area contributed by atoms with Gasteiger partial charge in [-0.15, -0.1) is 24.0 Å². The minimum atomic E-state index is 0. The van der Waals surface area contributed by atoms with Crippen molar-refractivity contribution in [3.63, 3.8) is 0 Å². The van der Waals surface area contributed by atoms with Gasteiger partial charge in [0, 0.05) is 49.5 Å². The van der Waals surface area contributed by atoms with Crippen molar-refractivity contribution >= 4 is 29.9 Å². The van der Waals surface area contributed by atoms with Gasteiger partial charge in [0.2, 0.25) is 0 Å². The highest BCUT2D eigenvalue weighted by molar-refractivity contribution is 14.0. The third kappa shape index (κ3) is 7.60. The summed E-state index contributed by atoms with van der Waals surface area (Å²) in [5.41, 5.74) is 5.99. The monoisotopic (exact) mass is 569 g/mol. The van der Waals surface area contributed by atoms with Crippen molar-refractivity contribution in [1.82, 2.24) is 20.4 Å². The molecule has 1 aliphatic rings. The summed E-state index contributed by atoms with van der Waals surface area (Å²) in [6, 6.07) is 6.35. The van der Waals surface area contributed by atoms with Crippen LogP contribution in [0.3, 0.4) is 0 Å². The number of halogens is 1. The van der Waals surface area contributed by atoms with E-state index in [4.69, 9.17) is 14.5 Å². The number of rotatable bonds is 10. The SMILES string of the molecule is CCNC(=NCc1ccc(C)cc1OCC1CCOC1)NCc1c(CC)nn(C)c1CC.I. The van der Waals surface area contributed by atoms with Crippen LogP contribution in [0.2, 0.25) is 0 Å². The Morgan fingerprint density at radius 1 is 1.24 bits per heavy atom. The Morgan fingerprint density at radius 3 is 2.73 bits per heavy atom. The molecular weight excluding hydrogens is 529 g/mol. The Morgan fingerprint density at radius 2 is 2.06 bits per heavy atom. The van der Waals surface area contributed by atoms with E-state index in [-0.39, 0.29) is 24.0 Å². The lowest BCUT2D eigenvalue weighted by molar-refractivity contribution is 0.166. The van der Waals surface area contributed by atoms with Crippen LogP contribution in [0, 0.1) is 12.8 Å². The van der Waals surface area contributed by atoms with Gasteiger partial charge in [0.15, 0.2) is 5.96 Å². The Kier molecular flexibility index (Phi) is 11.5. The average molecular weight is 570 g/mol. The summed E-state index contributed by atoms with van der Waals surface area (Å²) in [4.78, 5) is 4.85. The summed E-state index contributed by atoms with van der Waals surface area (Å²) in [5.74, 6) is 2.20. The summed E-state index contributed by atoms with van der Waals surface area (Å²) in [6.07, 6.45) is 2.96. The fourth-order valence-corrected chi connectivity index (χ4v) is 4.12. The van der Waals surface area contributed by atoms with Crippen molar-refractivity contribution in [3.8, 4) is 5.75 Å². The maximum absolute atomic E-state index is 6.19. The zero-order chi connectivity index (χ0) is 22.9. The summed E-state index contributed by atoms with van der Waals surface area (Å²) in [6.45, 7) is 12.9. The van der Waals surface area contributed by atoms with E-state index in [0.29, 0.717) is 25.6 Å². The first-order chi connectivity index (χ1) is 15.5. The minimum Gasteiger partial charge on any atom is -0.493 e. The molecule has 2 aromatic rings. The first kappa shape index (κ1) is 27.4. The number of hydrogen-bond acceptors (Lipinski definition) is 4. The van der Waals surface area contributed by atoms with Crippen LogP contribution in [-0.4, -0.2) is 42.1 Å². The van der Waals surface area contributed by atoms with E-state index in [1.807, 2.05) is 11.7 Å². The minimum absolute atomic E-state index is 0. The number of aryl methyl sites for hydroxylation is 3. The first-order valence-electron chi connectivity index (χ1n) is 11.9. The number of aromatic nitrogens is 2. The first-order valence-corrected chi connectivity index (χ1v) is 11.9. The molecule has 184 valence electrons. The molecule has 2 N–H and O–H groups in total. The van der Waals surface area contributed by atoms with Gasteiger partial charge < -0.3 is 20.1 Å². The van der Waals surface area contributed by atoms with Gasteiger partial charge in [-0.2, -0.15) is 5.10 Å². The molecule has 3 rings (SSSR count). The molecule has 1 aromatic carbocycles. The fraction of sp³-hybridized carbons (Fsp3) is 0.600. The zero-order valence-corrected chi connectivity index (χ0v) is 23.1. The van der Waals surface area contributed by atoms with Crippen LogP contribution in [0.25, 0.3) is 0 Å². The van der Waals surface area contributed by atoms with Crippen molar-refractivity contribution in [3.05, 3.63) is 46.3 Å². The van der Waals surface area contributed by atoms with Crippen molar-refractivity contribution in [2.45, 2.75) is 60.0 Å². The standard InChI is InChI=1S/C25H39N5O2.HI/c1-6-22-21(23(7-2)30(5)29-22)15-28-25(26-8-3)27-14-20-10-9-18(4)13-24(20)32-17-19-11-12-31-16-19;/h9-10,13,19H,6-8,11-12,14-17H2,1-5H3,(H2,26,27,28);1H. The Balaban J connectivity index is 0.00000385. The van der Waals surface area contributed by atoms with E-state index >= 15 is 0 Å². The van der Waals surface area contributed by atoms with E-state index in [1.165, 1.54) is 16.8 Å². The number of ether oxygens (including phenoxy) is 2. The normalized spacial score (nSPS) is 15.9. The second-order valence-electron chi connectivity index (χ2n) is 8.40. The fourth-order valence-electron chi connectivity index (χ4n) is 4.12. The van der Waals surface area contributed by atoms with Crippen LogP contribution in [0.15, 0.2) is 23.2 Å². The zero-order valence-electron chi connectivity index (χ0n) is 20.7. The van der Waals surface area contributed by atoms with Gasteiger partial charge in [-0.3, -0.25) is 4.68 Å². The van der Waals surface area contributed by atoms with E-state index < -0.39 is 0 Å². The number of nitrogens with zero attached hydrogens (tertiary/aromatic N) is 3. The average Bonchev–Trinajstić information content (AvgIpc) is 3.42. The van der Waals surface area contributed by atoms with Crippen molar-refractivity contribution in [1.29, 1.82) is 0 Å².